The number of hydrogen-bond acceptors (Lipinski definition) is 5. The van der Waals surface area contributed by atoms with Gasteiger partial charge in [-0.1, -0.05) is 17.8 Å². The second-order valence-electron chi connectivity index (χ2n) is 1.89. The molecule has 0 bridgehead atoms. The van der Waals surface area contributed by atoms with E-state index in [0.717, 1.165) is 0 Å². The van der Waals surface area contributed by atoms with Gasteiger partial charge in [0, 0.05) is 0 Å². The summed E-state index contributed by atoms with van der Waals surface area (Å²) in [7, 11) is 0. The van der Waals surface area contributed by atoms with Crippen LogP contribution in [-0.4, -0.2) is 35.2 Å². The third kappa shape index (κ3) is 3.71. The maximum atomic E-state index is 10.9. The van der Waals surface area contributed by atoms with Crippen molar-refractivity contribution in [2.75, 3.05) is 12.5 Å². The van der Waals surface area contributed by atoms with E-state index in [1.165, 1.54) is 6.08 Å². The lowest BCUT2D eigenvalue weighted by molar-refractivity contribution is -0.135. The summed E-state index contributed by atoms with van der Waals surface area (Å²) in [6.45, 7) is 3.23. The minimum Gasteiger partial charge on any atom is -0.457 e. The minimum absolute atomic E-state index is 0.0621. The fourth-order valence-electron chi connectivity index (χ4n) is 0.477. The Morgan fingerprint density at radius 1 is 1.62 bits per heavy atom. The van der Waals surface area contributed by atoms with E-state index in [1.807, 2.05) is 0 Å². The molecule has 0 aromatic heterocycles. The summed E-state index contributed by atoms with van der Waals surface area (Å²) < 4.78 is 4.44. The van der Waals surface area contributed by atoms with Gasteiger partial charge in [0.15, 0.2) is 0 Å². The molecule has 0 rings (SSSR count). The third-order valence-corrected chi connectivity index (χ3v) is 1.25. The van der Waals surface area contributed by atoms with E-state index in [-0.39, 0.29) is 6.61 Å². The number of oxime groups is 1. The van der Waals surface area contributed by atoms with Gasteiger partial charge in [-0.15, -0.1) is 11.6 Å². The van der Waals surface area contributed by atoms with Gasteiger partial charge in [0.1, 0.15) is 6.61 Å². The zero-order valence-corrected chi connectivity index (χ0v) is 7.45. The van der Waals surface area contributed by atoms with Crippen LogP contribution in [0.3, 0.4) is 0 Å². The lowest BCUT2D eigenvalue weighted by Crippen LogP contribution is -2.27. The minimum atomic E-state index is -1.02. The summed E-state index contributed by atoms with van der Waals surface area (Å²) in [5.74, 6) is -2.26. The fourth-order valence-corrected chi connectivity index (χ4v) is 0.603. The van der Waals surface area contributed by atoms with Crippen molar-refractivity contribution in [3.05, 3.63) is 12.7 Å². The lowest BCUT2D eigenvalue weighted by atomic mass is 10.3. The molecule has 0 aliphatic rings. The van der Waals surface area contributed by atoms with E-state index >= 15 is 0 Å². The third-order valence-electron chi connectivity index (χ3n) is 1.01. The molecule has 0 radical (unpaired) electrons. The first-order valence-corrected chi connectivity index (χ1v) is 3.80. The van der Waals surface area contributed by atoms with Crippen LogP contribution in [0.15, 0.2) is 17.8 Å². The first-order chi connectivity index (χ1) is 6.17. The molecule has 0 aromatic carbocycles. The van der Waals surface area contributed by atoms with Gasteiger partial charge in [-0.3, -0.25) is 4.79 Å². The molecule has 0 amide bonds. The van der Waals surface area contributed by atoms with Gasteiger partial charge in [0.2, 0.25) is 11.5 Å². The van der Waals surface area contributed by atoms with Crippen molar-refractivity contribution in [1.29, 1.82) is 0 Å². The molecule has 0 saturated heterocycles. The van der Waals surface area contributed by atoms with Gasteiger partial charge in [0.25, 0.3) is 0 Å². The smallest absolute Gasteiger partial charge is 0.364 e. The number of hydrogen-bond donors (Lipinski definition) is 1. The number of rotatable bonds is 5. The molecule has 13 heavy (non-hydrogen) atoms. The Labute approximate surface area is 79.6 Å². The topological polar surface area (TPSA) is 76.0 Å². The highest BCUT2D eigenvalue weighted by Crippen LogP contribution is 1.90. The summed E-state index contributed by atoms with van der Waals surface area (Å²) in [6, 6.07) is 0. The van der Waals surface area contributed by atoms with Crippen LogP contribution in [0.5, 0.6) is 0 Å². The van der Waals surface area contributed by atoms with Crippen molar-refractivity contribution in [2.45, 2.75) is 0 Å². The number of carbonyl (C=O) groups is 2. The Balaban J connectivity index is 4.34. The van der Waals surface area contributed by atoms with Crippen LogP contribution in [0.1, 0.15) is 0 Å². The summed E-state index contributed by atoms with van der Waals surface area (Å²) in [4.78, 5) is 21.7. The fraction of sp³-hybridized carbons (Fsp3) is 0.286. The highest BCUT2D eigenvalue weighted by Gasteiger charge is 2.21. The van der Waals surface area contributed by atoms with Crippen molar-refractivity contribution < 1.29 is 19.5 Å². The highest BCUT2D eigenvalue weighted by atomic mass is 35.5. The summed E-state index contributed by atoms with van der Waals surface area (Å²) in [5.41, 5.74) is -0.711. The average Bonchev–Trinajstić information content (AvgIpc) is 2.15. The maximum Gasteiger partial charge on any atom is 0.364 e. The number of alkyl halides is 1. The highest BCUT2D eigenvalue weighted by molar-refractivity contribution is 6.67. The zero-order valence-electron chi connectivity index (χ0n) is 6.70. The molecule has 0 saturated carbocycles. The van der Waals surface area contributed by atoms with Gasteiger partial charge in [-0.05, 0) is 0 Å². The second kappa shape index (κ2) is 6.19. The molecular weight excluding hydrogens is 198 g/mol. The van der Waals surface area contributed by atoms with Gasteiger partial charge in [-0.25, -0.2) is 4.79 Å². The number of ether oxygens (including phenoxy) is 1. The number of carbonyl (C=O) groups excluding carboxylic acids is 2. The Bertz CT molecular complexity index is 249. The molecule has 5 nitrogen and oxygen atoms in total. The Hall–Kier alpha value is -1.36. The molecular formula is C7H8ClNO4. The molecule has 0 spiro atoms. The number of halogens is 1. The molecule has 72 valence electrons. The molecule has 0 aliphatic heterocycles. The average molecular weight is 206 g/mol. The van der Waals surface area contributed by atoms with Crippen LogP contribution >= 0.6 is 11.6 Å². The number of esters is 1. The van der Waals surface area contributed by atoms with Crippen LogP contribution in [0.2, 0.25) is 0 Å². The van der Waals surface area contributed by atoms with Crippen molar-refractivity contribution in [3.63, 3.8) is 0 Å². The van der Waals surface area contributed by atoms with Crippen molar-refractivity contribution in [1.82, 2.24) is 0 Å². The van der Waals surface area contributed by atoms with E-state index < -0.39 is 23.3 Å². The van der Waals surface area contributed by atoms with Gasteiger partial charge in [-0.2, -0.15) is 0 Å². The predicted octanol–water partition coefficient (Wildman–Crippen LogP) is 0.354. The maximum absolute atomic E-state index is 10.9. The van der Waals surface area contributed by atoms with Gasteiger partial charge < -0.3 is 9.94 Å². The van der Waals surface area contributed by atoms with E-state index in [0.29, 0.717) is 0 Å². The number of ketones is 1. The van der Waals surface area contributed by atoms with E-state index in [2.05, 4.69) is 16.5 Å². The molecule has 0 unspecified atom stereocenters. The largest absolute Gasteiger partial charge is 0.457 e. The van der Waals surface area contributed by atoms with Crippen molar-refractivity contribution in [2.24, 2.45) is 5.16 Å². The van der Waals surface area contributed by atoms with E-state index in [4.69, 9.17) is 16.8 Å². The first kappa shape index (κ1) is 11.6. The van der Waals surface area contributed by atoms with Crippen LogP contribution in [0, 0.1) is 0 Å². The van der Waals surface area contributed by atoms with Crippen LogP contribution in [0.25, 0.3) is 0 Å². The predicted molar refractivity (Wildman–Crippen MR) is 46.1 cm³/mol. The zero-order chi connectivity index (χ0) is 10.3. The Morgan fingerprint density at radius 2 is 2.23 bits per heavy atom. The molecule has 6 heteroatoms. The Morgan fingerprint density at radius 3 is 2.62 bits per heavy atom. The molecule has 0 aromatic rings. The quantitative estimate of drug-likeness (QED) is 0.134. The van der Waals surface area contributed by atoms with Crippen LogP contribution < -0.4 is 0 Å². The van der Waals surface area contributed by atoms with E-state index in [1.54, 1.807) is 0 Å². The molecule has 0 atom stereocenters. The van der Waals surface area contributed by atoms with Crippen LogP contribution in [-0.2, 0) is 14.3 Å². The second-order valence-corrected chi connectivity index (χ2v) is 2.16. The molecule has 0 fully saturated rings. The lowest BCUT2D eigenvalue weighted by Gasteiger charge is -2.00. The summed E-state index contributed by atoms with van der Waals surface area (Å²) in [5, 5.41) is 10.8. The normalized spacial score (nSPS) is 10.7. The van der Waals surface area contributed by atoms with Gasteiger partial charge in [0.05, 0.1) is 5.88 Å². The van der Waals surface area contributed by atoms with Gasteiger partial charge >= 0.3 is 5.97 Å². The summed E-state index contributed by atoms with van der Waals surface area (Å²) in [6.07, 6.45) is 1.32. The first-order valence-electron chi connectivity index (χ1n) is 3.26. The molecule has 0 aliphatic carbocycles. The monoisotopic (exact) mass is 205 g/mol. The van der Waals surface area contributed by atoms with Crippen LogP contribution in [0.4, 0.5) is 0 Å². The SMILES string of the molecule is C=CCOC(=O)C(=NO)C(=O)CCl. The standard InChI is InChI=1S/C7H8ClNO4/c1-2-3-13-7(11)6(9-12)5(10)4-8/h2,12H,1,3-4H2. The summed E-state index contributed by atoms with van der Waals surface area (Å²) >= 11 is 5.13. The van der Waals surface area contributed by atoms with Crippen molar-refractivity contribution in [3.8, 4) is 0 Å². The molecule has 0 heterocycles. The van der Waals surface area contributed by atoms with E-state index in [9.17, 15) is 9.59 Å². The Kier molecular flexibility index (Phi) is 5.54. The number of Topliss-reactive ketones (excluding diaryl/α,β-unsaturated/α-hetero) is 1. The molecule has 1 N–H and O–H groups in total. The van der Waals surface area contributed by atoms with Crippen molar-refractivity contribution >= 4 is 29.1 Å². The number of nitrogens with zero attached hydrogens (tertiary/aromatic N) is 1.